The van der Waals surface area contributed by atoms with Crippen LogP contribution < -0.4 is 0 Å². The normalized spacial score (nSPS) is 9.80. The van der Waals surface area contributed by atoms with Crippen molar-refractivity contribution < 1.29 is 5.11 Å². The molecule has 0 amide bonds. The Labute approximate surface area is 66.1 Å². The van der Waals surface area contributed by atoms with E-state index < -0.39 is 0 Å². The zero-order valence-electron chi connectivity index (χ0n) is 5.83. The van der Waals surface area contributed by atoms with Gasteiger partial charge in [0.25, 0.3) is 0 Å². The van der Waals surface area contributed by atoms with Gasteiger partial charge >= 0.3 is 0 Å². The van der Waals surface area contributed by atoms with Gasteiger partial charge in [0.2, 0.25) is 0 Å². The maximum absolute atomic E-state index is 9.20. The number of benzene rings is 1. The van der Waals surface area contributed by atoms with Gasteiger partial charge in [-0.05, 0) is 24.1 Å². The summed E-state index contributed by atoms with van der Waals surface area (Å²) in [5.74, 6) is 1.03. The van der Waals surface area contributed by atoms with E-state index in [1.54, 1.807) is 6.07 Å². The van der Waals surface area contributed by atoms with Gasteiger partial charge in [-0.2, -0.15) is 12.6 Å². The Kier molecular flexibility index (Phi) is 2.22. The summed E-state index contributed by atoms with van der Waals surface area (Å²) in [5, 5.41) is 9.20. The molecular formula is C8H10OS. The molecule has 0 spiro atoms. The van der Waals surface area contributed by atoms with Gasteiger partial charge in [0, 0.05) is 5.75 Å². The van der Waals surface area contributed by atoms with Crippen molar-refractivity contribution in [2.45, 2.75) is 12.7 Å². The Bertz CT molecular complexity index is 233. The lowest BCUT2D eigenvalue weighted by atomic mass is 10.1. The van der Waals surface area contributed by atoms with Gasteiger partial charge in [0.1, 0.15) is 5.75 Å². The van der Waals surface area contributed by atoms with Gasteiger partial charge in [-0.1, -0.05) is 12.1 Å². The number of phenolic OH excluding ortho intramolecular Hbond substituents is 1. The number of aromatic hydroxyl groups is 1. The molecule has 0 fully saturated rings. The third-order valence-electron chi connectivity index (χ3n) is 1.46. The van der Waals surface area contributed by atoms with Gasteiger partial charge in [0.15, 0.2) is 0 Å². The number of phenols is 1. The quantitative estimate of drug-likeness (QED) is 0.594. The minimum Gasteiger partial charge on any atom is -0.508 e. The first-order valence-corrected chi connectivity index (χ1v) is 3.76. The maximum atomic E-state index is 9.20. The Morgan fingerprint density at radius 2 is 2.20 bits per heavy atom. The third kappa shape index (κ3) is 1.45. The molecule has 1 N–H and O–H groups in total. The number of thiol groups is 1. The lowest BCUT2D eigenvalue weighted by molar-refractivity contribution is 0.470. The first-order valence-electron chi connectivity index (χ1n) is 3.13. The second-order valence-corrected chi connectivity index (χ2v) is 2.60. The minimum absolute atomic E-state index is 0.353. The maximum Gasteiger partial charge on any atom is 0.118 e. The number of hydrogen-bond donors (Lipinski definition) is 2. The zero-order valence-corrected chi connectivity index (χ0v) is 6.73. The van der Waals surface area contributed by atoms with Crippen LogP contribution in [-0.2, 0) is 5.75 Å². The first-order chi connectivity index (χ1) is 4.74. The van der Waals surface area contributed by atoms with Crippen molar-refractivity contribution in [2.75, 3.05) is 0 Å². The average Bonchev–Trinajstić information content (AvgIpc) is 1.95. The highest BCUT2D eigenvalue weighted by molar-refractivity contribution is 7.79. The summed E-state index contributed by atoms with van der Waals surface area (Å²) in [6.07, 6.45) is 0. The van der Waals surface area contributed by atoms with Crippen LogP contribution in [0, 0.1) is 6.92 Å². The molecule has 54 valence electrons. The third-order valence-corrected chi connectivity index (χ3v) is 1.82. The molecule has 1 rings (SSSR count). The van der Waals surface area contributed by atoms with E-state index in [9.17, 15) is 5.11 Å². The van der Waals surface area contributed by atoms with E-state index in [-0.39, 0.29) is 0 Å². The van der Waals surface area contributed by atoms with Crippen molar-refractivity contribution in [3.05, 3.63) is 29.3 Å². The van der Waals surface area contributed by atoms with E-state index in [1.807, 2.05) is 19.1 Å². The molecule has 0 aliphatic carbocycles. The Hall–Kier alpha value is -0.630. The highest BCUT2D eigenvalue weighted by Gasteiger charge is 1.94. The summed E-state index contributed by atoms with van der Waals surface area (Å²) >= 11 is 4.08. The summed E-state index contributed by atoms with van der Waals surface area (Å²) < 4.78 is 0. The predicted molar refractivity (Wildman–Crippen MR) is 45.5 cm³/mol. The van der Waals surface area contributed by atoms with Crippen molar-refractivity contribution in [2.24, 2.45) is 0 Å². The second-order valence-electron chi connectivity index (χ2n) is 2.28. The Balaban J connectivity index is 3.04. The van der Waals surface area contributed by atoms with Crippen LogP contribution in [0.4, 0.5) is 0 Å². The number of aryl methyl sites for hydroxylation is 1. The van der Waals surface area contributed by atoms with Gasteiger partial charge in [-0.15, -0.1) is 0 Å². The highest BCUT2D eigenvalue weighted by atomic mass is 32.1. The van der Waals surface area contributed by atoms with Gasteiger partial charge < -0.3 is 5.11 Å². The molecule has 0 aromatic heterocycles. The minimum atomic E-state index is 0.353. The molecular weight excluding hydrogens is 144 g/mol. The molecule has 2 heteroatoms. The van der Waals surface area contributed by atoms with Crippen LogP contribution in [0.1, 0.15) is 11.1 Å². The standard InChI is InChI=1S/C8H10OS/c1-6-2-3-7(5-10)4-8(6)9/h2-4,9-10H,5H2,1H3. The van der Waals surface area contributed by atoms with E-state index in [1.165, 1.54) is 0 Å². The average molecular weight is 154 g/mol. The van der Waals surface area contributed by atoms with Crippen LogP contribution in [0.15, 0.2) is 18.2 Å². The number of rotatable bonds is 1. The summed E-state index contributed by atoms with van der Waals surface area (Å²) in [6.45, 7) is 1.87. The Morgan fingerprint density at radius 1 is 1.50 bits per heavy atom. The molecule has 0 heterocycles. The van der Waals surface area contributed by atoms with Crippen molar-refractivity contribution in [3.8, 4) is 5.75 Å². The van der Waals surface area contributed by atoms with Crippen LogP contribution in [0.2, 0.25) is 0 Å². The zero-order chi connectivity index (χ0) is 7.56. The van der Waals surface area contributed by atoms with E-state index in [0.717, 1.165) is 11.1 Å². The number of hydrogen-bond acceptors (Lipinski definition) is 2. The predicted octanol–water partition coefficient (Wildman–Crippen LogP) is 2.13. The summed E-state index contributed by atoms with van der Waals surface area (Å²) in [7, 11) is 0. The van der Waals surface area contributed by atoms with E-state index in [2.05, 4.69) is 12.6 Å². The summed E-state index contributed by atoms with van der Waals surface area (Å²) in [5.41, 5.74) is 1.96. The van der Waals surface area contributed by atoms with Crippen LogP contribution >= 0.6 is 12.6 Å². The molecule has 0 aliphatic rings. The molecule has 10 heavy (non-hydrogen) atoms. The molecule has 0 bridgehead atoms. The van der Waals surface area contributed by atoms with Crippen LogP contribution in [0.3, 0.4) is 0 Å². The fourth-order valence-electron chi connectivity index (χ4n) is 0.753. The van der Waals surface area contributed by atoms with Gasteiger partial charge in [0.05, 0.1) is 0 Å². The largest absolute Gasteiger partial charge is 0.508 e. The molecule has 0 unspecified atom stereocenters. The topological polar surface area (TPSA) is 20.2 Å². The molecule has 0 atom stereocenters. The highest BCUT2D eigenvalue weighted by Crippen LogP contribution is 2.17. The first kappa shape index (κ1) is 7.48. The lowest BCUT2D eigenvalue weighted by Gasteiger charge is -1.99. The molecule has 1 nitrogen and oxygen atoms in total. The van der Waals surface area contributed by atoms with Crippen LogP contribution in [-0.4, -0.2) is 5.11 Å². The fraction of sp³-hybridized carbons (Fsp3) is 0.250. The van der Waals surface area contributed by atoms with Crippen molar-refractivity contribution in [1.29, 1.82) is 0 Å². The fourth-order valence-corrected chi connectivity index (χ4v) is 0.950. The van der Waals surface area contributed by atoms with E-state index in [0.29, 0.717) is 11.5 Å². The molecule has 0 saturated carbocycles. The van der Waals surface area contributed by atoms with Gasteiger partial charge in [-0.25, -0.2) is 0 Å². The van der Waals surface area contributed by atoms with Crippen LogP contribution in [0.5, 0.6) is 5.75 Å². The summed E-state index contributed by atoms with van der Waals surface area (Å²) in [6, 6.07) is 5.59. The summed E-state index contributed by atoms with van der Waals surface area (Å²) in [4.78, 5) is 0. The van der Waals surface area contributed by atoms with E-state index in [4.69, 9.17) is 0 Å². The Morgan fingerprint density at radius 3 is 2.70 bits per heavy atom. The van der Waals surface area contributed by atoms with Crippen molar-refractivity contribution in [3.63, 3.8) is 0 Å². The smallest absolute Gasteiger partial charge is 0.118 e. The van der Waals surface area contributed by atoms with Gasteiger partial charge in [-0.3, -0.25) is 0 Å². The molecule has 0 radical (unpaired) electrons. The van der Waals surface area contributed by atoms with Crippen molar-refractivity contribution in [1.82, 2.24) is 0 Å². The van der Waals surface area contributed by atoms with Crippen molar-refractivity contribution >= 4 is 12.6 Å². The molecule has 1 aromatic rings. The lowest BCUT2D eigenvalue weighted by Crippen LogP contribution is -1.79. The van der Waals surface area contributed by atoms with Crippen LogP contribution in [0.25, 0.3) is 0 Å². The van der Waals surface area contributed by atoms with E-state index >= 15 is 0 Å². The molecule has 0 saturated heterocycles. The second kappa shape index (κ2) is 2.97. The SMILES string of the molecule is Cc1ccc(CS)cc1O. The monoisotopic (exact) mass is 154 g/mol. The molecule has 1 aromatic carbocycles. The molecule has 0 aliphatic heterocycles.